The first-order chi connectivity index (χ1) is 13.4. The number of aliphatic imine (C=N–C) groups is 1. The van der Waals surface area contributed by atoms with Crippen molar-refractivity contribution in [1.82, 2.24) is 16.0 Å². The van der Waals surface area contributed by atoms with E-state index in [2.05, 4.69) is 20.9 Å². The van der Waals surface area contributed by atoms with Crippen LogP contribution < -0.4 is 33.2 Å². The van der Waals surface area contributed by atoms with Gasteiger partial charge in [0, 0.05) is 6.54 Å². The van der Waals surface area contributed by atoms with Crippen LogP contribution in [0.1, 0.15) is 26.2 Å². The second-order valence-corrected chi connectivity index (χ2v) is 6.06. The van der Waals surface area contributed by atoms with E-state index in [0.29, 0.717) is 6.42 Å². The Hall–Kier alpha value is -3.42. The van der Waals surface area contributed by atoms with Crippen LogP contribution in [0.15, 0.2) is 4.99 Å². The number of rotatable bonds is 13. The Balaban J connectivity index is 4.57. The number of carboxylic acid groups (broad SMARTS) is 2. The van der Waals surface area contributed by atoms with Crippen LogP contribution in [-0.4, -0.2) is 77.0 Å². The maximum Gasteiger partial charge on any atom is 0.325 e. The molecule has 3 unspecified atom stereocenters. The van der Waals surface area contributed by atoms with Gasteiger partial charge in [-0.05, 0) is 19.8 Å². The largest absolute Gasteiger partial charge is 0.481 e. The molecule has 0 aliphatic carbocycles. The summed E-state index contributed by atoms with van der Waals surface area (Å²) < 4.78 is 0. The standard InChI is InChI=1S/C15H27N7O7/c1-7(14(28)29)21-13(27)9(5-11(24)25)22-10(23)6-20-12(26)8(16)3-2-4-19-15(17)18/h7-9H,2-6,16H2,1H3,(H,20,26)(H,21,27)(H,22,23)(H,24,25)(H,28,29)(H4,17,18,19). The molecular formula is C15H27N7O7. The second kappa shape index (κ2) is 12.9. The Labute approximate surface area is 166 Å². The molecule has 0 aromatic carbocycles. The van der Waals surface area contributed by atoms with E-state index in [1.807, 2.05) is 0 Å². The van der Waals surface area contributed by atoms with Crippen LogP contribution in [0.4, 0.5) is 0 Å². The molecule has 0 spiro atoms. The maximum absolute atomic E-state index is 12.0. The monoisotopic (exact) mass is 417 g/mol. The number of carbonyl (C=O) groups is 5. The van der Waals surface area contributed by atoms with Gasteiger partial charge in [-0.15, -0.1) is 0 Å². The summed E-state index contributed by atoms with van der Waals surface area (Å²) in [5, 5.41) is 24.1. The average Bonchev–Trinajstić information content (AvgIpc) is 2.61. The molecule has 0 aliphatic rings. The Bertz CT molecular complexity index is 649. The van der Waals surface area contributed by atoms with E-state index in [9.17, 15) is 24.0 Å². The van der Waals surface area contributed by atoms with Crippen molar-refractivity contribution in [2.45, 2.75) is 44.3 Å². The topological polar surface area (TPSA) is 252 Å². The van der Waals surface area contributed by atoms with Crippen molar-refractivity contribution in [3.8, 4) is 0 Å². The highest BCUT2D eigenvalue weighted by atomic mass is 16.4. The molecule has 0 aromatic rings. The van der Waals surface area contributed by atoms with Gasteiger partial charge in [-0.2, -0.15) is 0 Å². The predicted molar refractivity (Wildman–Crippen MR) is 100 cm³/mol. The van der Waals surface area contributed by atoms with Crippen LogP contribution in [0.5, 0.6) is 0 Å². The van der Waals surface area contributed by atoms with Gasteiger partial charge in [0.2, 0.25) is 17.7 Å². The maximum atomic E-state index is 12.0. The van der Waals surface area contributed by atoms with Gasteiger partial charge in [-0.1, -0.05) is 0 Å². The van der Waals surface area contributed by atoms with E-state index in [0.717, 1.165) is 0 Å². The summed E-state index contributed by atoms with van der Waals surface area (Å²) >= 11 is 0. The fourth-order valence-electron chi connectivity index (χ4n) is 1.95. The summed E-state index contributed by atoms with van der Waals surface area (Å²) in [6.45, 7) is 0.900. The molecule has 0 aromatic heterocycles. The minimum atomic E-state index is -1.52. The van der Waals surface area contributed by atoms with Crippen molar-refractivity contribution >= 4 is 35.6 Å². The van der Waals surface area contributed by atoms with Gasteiger partial charge >= 0.3 is 11.9 Å². The molecule has 0 saturated carbocycles. The van der Waals surface area contributed by atoms with Gasteiger partial charge in [-0.25, -0.2) is 0 Å². The summed E-state index contributed by atoms with van der Waals surface area (Å²) in [6, 6.07) is -3.73. The zero-order valence-corrected chi connectivity index (χ0v) is 15.9. The first-order valence-corrected chi connectivity index (χ1v) is 8.57. The van der Waals surface area contributed by atoms with Gasteiger partial charge in [0.25, 0.3) is 0 Å². The normalized spacial score (nSPS) is 13.3. The number of guanidine groups is 1. The number of hydrogen-bond acceptors (Lipinski definition) is 7. The molecule has 0 radical (unpaired) electrons. The Morgan fingerprint density at radius 3 is 2.17 bits per heavy atom. The van der Waals surface area contributed by atoms with Gasteiger partial charge in [-0.3, -0.25) is 29.0 Å². The van der Waals surface area contributed by atoms with Crippen LogP contribution in [0, 0.1) is 0 Å². The molecule has 0 rings (SSSR count). The highest BCUT2D eigenvalue weighted by Crippen LogP contribution is 1.97. The van der Waals surface area contributed by atoms with E-state index in [4.69, 9.17) is 27.4 Å². The molecule has 14 heteroatoms. The summed E-state index contributed by atoms with van der Waals surface area (Å²) in [5.41, 5.74) is 16.0. The minimum absolute atomic E-state index is 0.0857. The molecule has 29 heavy (non-hydrogen) atoms. The predicted octanol–water partition coefficient (Wildman–Crippen LogP) is -3.97. The van der Waals surface area contributed by atoms with Gasteiger partial charge < -0.3 is 43.4 Å². The van der Waals surface area contributed by atoms with E-state index < -0.39 is 60.8 Å². The number of amides is 3. The molecule has 3 atom stereocenters. The molecule has 0 aliphatic heterocycles. The fraction of sp³-hybridized carbons (Fsp3) is 0.600. The van der Waals surface area contributed by atoms with E-state index in [-0.39, 0.29) is 18.9 Å². The zero-order chi connectivity index (χ0) is 22.6. The molecule has 0 fully saturated rings. The Morgan fingerprint density at radius 1 is 1.03 bits per heavy atom. The summed E-state index contributed by atoms with van der Waals surface area (Å²) in [6.07, 6.45) is -0.0924. The number of hydrogen-bond donors (Lipinski definition) is 8. The van der Waals surface area contributed by atoms with E-state index in [1.54, 1.807) is 0 Å². The van der Waals surface area contributed by atoms with Crippen LogP contribution in [0.25, 0.3) is 0 Å². The highest BCUT2D eigenvalue weighted by Gasteiger charge is 2.26. The van der Waals surface area contributed by atoms with Gasteiger partial charge in [0.1, 0.15) is 12.1 Å². The molecule has 164 valence electrons. The molecule has 14 nitrogen and oxygen atoms in total. The van der Waals surface area contributed by atoms with Crippen molar-refractivity contribution in [1.29, 1.82) is 0 Å². The third-order valence-electron chi connectivity index (χ3n) is 3.49. The highest BCUT2D eigenvalue weighted by molar-refractivity contribution is 5.94. The fourth-order valence-corrected chi connectivity index (χ4v) is 1.95. The zero-order valence-electron chi connectivity index (χ0n) is 15.9. The number of carboxylic acids is 2. The van der Waals surface area contributed by atoms with Crippen LogP contribution >= 0.6 is 0 Å². The lowest BCUT2D eigenvalue weighted by Gasteiger charge is -2.19. The van der Waals surface area contributed by atoms with Gasteiger partial charge in [0.15, 0.2) is 5.96 Å². The van der Waals surface area contributed by atoms with Crippen LogP contribution in [-0.2, 0) is 24.0 Å². The summed E-state index contributed by atoms with van der Waals surface area (Å²) in [5.74, 6) is -5.28. The Kier molecular flexibility index (Phi) is 11.4. The third-order valence-corrected chi connectivity index (χ3v) is 3.49. The van der Waals surface area contributed by atoms with Crippen molar-refractivity contribution in [3.05, 3.63) is 0 Å². The van der Waals surface area contributed by atoms with E-state index in [1.165, 1.54) is 6.92 Å². The quantitative estimate of drug-likeness (QED) is 0.0819. The first kappa shape index (κ1) is 25.6. The van der Waals surface area contributed by atoms with Crippen molar-refractivity contribution in [3.63, 3.8) is 0 Å². The average molecular weight is 417 g/mol. The van der Waals surface area contributed by atoms with Crippen molar-refractivity contribution in [2.75, 3.05) is 13.1 Å². The van der Waals surface area contributed by atoms with Gasteiger partial charge in [0.05, 0.1) is 19.0 Å². The van der Waals surface area contributed by atoms with Crippen LogP contribution in [0.2, 0.25) is 0 Å². The molecule has 3 amide bonds. The van der Waals surface area contributed by atoms with Crippen LogP contribution in [0.3, 0.4) is 0 Å². The smallest absolute Gasteiger partial charge is 0.325 e. The first-order valence-electron chi connectivity index (χ1n) is 8.57. The van der Waals surface area contributed by atoms with Crippen molar-refractivity contribution < 1.29 is 34.2 Å². The lowest BCUT2D eigenvalue weighted by molar-refractivity contribution is -0.143. The number of nitrogens with two attached hydrogens (primary N) is 3. The number of carbonyl (C=O) groups excluding carboxylic acids is 3. The number of aliphatic carboxylic acids is 2. The lowest BCUT2D eigenvalue weighted by Crippen LogP contribution is -2.53. The molecule has 0 saturated heterocycles. The second-order valence-electron chi connectivity index (χ2n) is 6.06. The summed E-state index contributed by atoms with van der Waals surface area (Å²) in [7, 11) is 0. The lowest BCUT2D eigenvalue weighted by atomic mass is 10.1. The van der Waals surface area contributed by atoms with Crippen molar-refractivity contribution in [2.24, 2.45) is 22.2 Å². The molecule has 0 heterocycles. The number of nitrogens with zero attached hydrogens (tertiary/aromatic N) is 1. The molecule has 0 bridgehead atoms. The number of nitrogens with one attached hydrogen (secondary N) is 3. The Morgan fingerprint density at radius 2 is 1.66 bits per heavy atom. The third kappa shape index (κ3) is 11.8. The molecular weight excluding hydrogens is 390 g/mol. The summed E-state index contributed by atoms with van der Waals surface area (Å²) in [4.78, 5) is 61.1. The SMILES string of the molecule is CC(NC(=O)C(CC(=O)O)NC(=O)CNC(=O)C(N)CCCN=C(N)N)C(=O)O. The minimum Gasteiger partial charge on any atom is -0.481 e. The molecule has 11 N–H and O–H groups in total. The van der Waals surface area contributed by atoms with E-state index >= 15 is 0 Å².